The number of ketones is 1. The highest BCUT2D eigenvalue weighted by atomic mass is 16.1. The van der Waals surface area contributed by atoms with Crippen molar-refractivity contribution in [1.82, 2.24) is 0 Å². The van der Waals surface area contributed by atoms with Crippen LogP contribution in [0, 0.1) is 0 Å². The molecule has 0 atom stereocenters. The summed E-state index contributed by atoms with van der Waals surface area (Å²) in [5.41, 5.74) is 6.81. The lowest BCUT2D eigenvalue weighted by molar-refractivity contribution is 0.104. The van der Waals surface area contributed by atoms with Crippen LogP contribution in [0.3, 0.4) is 0 Å². The van der Waals surface area contributed by atoms with Crippen molar-refractivity contribution in [3.05, 3.63) is 54.6 Å². The van der Waals surface area contributed by atoms with Crippen LogP contribution in [0.25, 0.3) is 10.8 Å². The molecule has 0 aromatic heterocycles. The van der Waals surface area contributed by atoms with Gasteiger partial charge in [-0.2, -0.15) is 0 Å². The molecule has 15 heavy (non-hydrogen) atoms. The molecule has 2 N–H and O–H groups in total. The number of carbonyl (C=O) groups is 1. The highest BCUT2D eigenvalue weighted by molar-refractivity contribution is 6.10. The monoisotopic (exact) mass is 197 g/mol. The molecule has 0 saturated heterocycles. The quantitative estimate of drug-likeness (QED) is 0.457. The Bertz CT molecular complexity index is 543. The zero-order valence-electron chi connectivity index (χ0n) is 8.23. The summed E-state index contributed by atoms with van der Waals surface area (Å²) in [5, 5.41) is 2.05. The van der Waals surface area contributed by atoms with Crippen molar-refractivity contribution in [3.8, 4) is 0 Å². The van der Waals surface area contributed by atoms with E-state index in [0.29, 0.717) is 11.3 Å². The van der Waals surface area contributed by atoms with Crippen LogP contribution in [0.5, 0.6) is 0 Å². The van der Waals surface area contributed by atoms with Crippen LogP contribution in [0.2, 0.25) is 0 Å². The normalized spacial score (nSPS) is 10.1. The van der Waals surface area contributed by atoms with Crippen LogP contribution in [0.15, 0.2) is 49.1 Å². The molecule has 0 aliphatic heterocycles. The molecule has 0 aliphatic rings. The number of hydrogen-bond donors (Lipinski definition) is 1. The molecular weight excluding hydrogens is 186 g/mol. The summed E-state index contributed by atoms with van der Waals surface area (Å²) in [6, 6.07) is 11.4. The van der Waals surface area contributed by atoms with Crippen LogP contribution in [0.4, 0.5) is 5.69 Å². The molecule has 0 bridgehead atoms. The maximum absolute atomic E-state index is 11.5. The fourth-order valence-corrected chi connectivity index (χ4v) is 1.58. The topological polar surface area (TPSA) is 43.1 Å². The van der Waals surface area contributed by atoms with Crippen molar-refractivity contribution >= 4 is 22.2 Å². The second-order valence-corrected chi connectivity index (χ2v) is 3.35. The van der Waals surface area contributed by atoms with Gasteiger partial charge in [-0.05, 0) is 29.0 Å². The first-order valence-corrected chi connectivity index (χ1v) is 4.67. The number of anilines is 1. The molecule has 2 nitrogen and oxygen atoms in total. The second kappa shape index (κ2) is 3.58. The van der Waals surface area contributed by atoms with E-state index in [9.17, 15) is 4.79 Å². The van der Waals surface area contributed by atoms with Gasteiger partial charge >= 0.3 is 0 Å². The van der Waals surface area contributed by atoms with Crippen molar-refractivity contribution in [3.63, 3.8) is 0 Å². The number of carbonyl (C=O) groups excluding carboxylic acids is 1. The average Bonchev–Trinajstić information content (AvgIpc) is 2.27. The predicted molar refractivity (Wildman–Crippen MR) is 62.9 cm³/mol. The average molecular weight is 197 g/mol. The van der Waals surface area contributed by atoms with Crippen LogP contribution >= 0.6 is 0 Å². The Morgan fingerprint density at radius 3 is 2.40 bits per heavy atom. The van der Waals surface area contributed by atoms with Crippen molar-refractivity contribution < 1.29 is 4.79 Å². The van der Waals surface area contributed by atoms with Gasteiger partial charge in [0.1, 0.15) is 0 Å². The predicted octanol–water partition coefficient (Wildman–Crippen LogP) is 2.79. The Morgan fingerprint density at radius 2 is 1.80 bits per heavy atom. The first-order chi connectivity index (χ1) is 7.22. The number of fused-ring (bicyclic) bond motifs is 1. The fourth-order valence-electron chi connectivity index (χ4n) is 1.58. The van der Waals surface area contributed by atoms with E-state index in [-0.39, 0.29) is 5.78 Å². The molecule has 2 rings (SSSR count). The third-order valence-electron chi connectivity index (χ3n) is 2.37. The molecule has 74 valence electrons. The second-order valence-electron chi connectivity index (χ2n) is 3.35. The third kappa shape index (κ3) is 1.62. The summed E-state index contributed by atoms with van der Waals surface area (Å²) in [7, 11) is 0. The smallest absolute Gasteiger partial charge is 0.187 e. The van der Waals surface area contributed by atoms with Gasteiger partial charge in [0.2, 0.25) is 0 Å². The van der Waals surface area contributed by atoms with Crippen molar-refractivity contribution in [1.29, 1.82) is 0 Å². The number of hydrogen-bond acceptors (Lipinski definition) is 2. The minimum absolute atomic E-state index is 0.141. The van der Waals surface area contributed by atoms with Gasteiger partial charge in [0, 0.05) is 11.3 Å². The molecule has 0 saturated carbocycles. The minimum atomic E-state index is -0.141. The van der Waals surface area contributed by atoms with E-state index in [1.54, 1.807) is 6.07 Å². The zero-order valence-corrected chi connectivity index (χ0v) is 8.23. The van der Waals surface area contributed by atoms with Crippen LogP contribution < -0.4 is 5.73 Å². The van der Waals surface area contributed by atoms with Crippen LogP contribution in [-0.4, -0.2) is 5.78 Å². The highest BCUT2D eigenvalue weighted by Gasteiger charge is 2.07. The summed E-state index contributed by atoms with van der Waals surface area (Å²) < 4.78 is 0. The van der Waals surface area contributed by atoms with E-state index in [1.165, 1.54) is 6.08 Å². The summed E-state index contributed by atoms with van der Waals surface area (Å²) >= 11 is 0. The van der Waals surface area contributed by atoms with E-state index in [0.717, 1.165) is 10.8 Å². The lowest BCUT2D eigenvalue weighted by Gasteiger charge is -2.04. The number of rotatable bonds is 2. The summed E-state index contributed by atoms with van der Waals surface area (Å²) in [5.74, 6) is -0.141. The minimum Gasteiger partial charge on any atom is -0.398 e. The Kier molecular flexibility index (Phi) is 2.26. The SMILES string of the molecule is C=CC(=O)c1cc2ccccc2cc1N. The molecule has 0 amide bonds. The van der Waals surface area contributed by atoms with Gasteiger partial charge < -0.3 is 5.73 Å². The maximum Gasteiger partial charge on any atom is 0.187 e. The van der Waals surface area contributed by atoms with Gasteiger partial charge in [-0.3, -0.25) is 4.79 Å². The molecule has 0 fully saturated rings. The fraction of sp³-hybridized carbons (Fsp3) is 0. The van der Waals surface area contributed by atoms with Gasteiger partial charge in [0.25, 0.3) is 0 Å². The molecule has 0 heterocycles. The van der Waals surface area contributed by atoms with Gasteiger partial charge in [-0.25, -0.2) is 0 Å². The van der Waals surface area contributed by atoms with Crippen molar-refractivity contribution in [2.24, 2.45) is 0 Å². The highest BCUT2D eigenvalue weighted by Crippen LogP contribution is 2.22. The zero-order chi connectivity index (χ0) is 10.8. The van der Waals surface area contributed by atoms with Gasteiger partial charge in [0.05, 0.1) is 0 Å². The Labute approximate surface area is 88.0 Å². The Balaban J connectivity index is 2.72. The van der Waals surface area contributed by atoms with E-state index in [4.69, 9.17) is 5.73 Å². The molecule has 0 radical (unpaired) electrons. The summed E-state index contributed by atoms with van der Waals surface area (Å²) in [4.78, 5) is 11.5. The Morgan fingerprint density at radius 1 is 1.20 bits per heavy atom. The van der Waals surface area contributed by atoms with Crippen LogP contribution in [-0.2, 0) is 0 Å². The van der Waals surface area contributed by atoms with Gasteiger partial charge in [-0.1, -0.05) is 30.8 Å². The first-order valence-electron chi connectivity index (χ1n) is 4.67. The molecule has 2 aromatic carbocycles. The van der Waals surface area contributed by atoms with Crippen molar-refractivity contribution in [2.45, 2.75) is 0 Å². The van der Waals surface area contributed by atoms with E-state index in [2.05, 4.69) is 6.58 Å². The third-order valence-corrected chi connectivity index (χ3v) is 2.37. The van der Waals surface area contributed by atoms with Crippen LogP contribution in [0.1, 0.15) is 10.4 Å². The molecule has 2 heteroatoms. The molecule has 0 aliphatic carbocycles. The van der Waals surface area contributed by atoms with E-state index in [1.807, 2.05) is 30.3 Å². The summed E-state index contributed by atoms with van der Waals surface area (Å²) in [6.45, 7) is 3.45. The van der Waals surface area contributed by atoms with Gasteiger partial charge in [-0.15, -0.1) is 0 Å². The molecule has 0 spiro atoms. The largest absolute Gasteiger partial charge is 0.398 e. The number of nitrogens with two attached hydrogens (primary N) is 1. The Hall–Kier alpha value is -2.09. The van der Waals surface area contributed by atoms with Gasteiger partial charge in [0.15, 0.2) is 5.78 Å². The standard InChI is InChI=1S/C13H11NO/c1-2-13(15)11-7-9-5-3-4-6-10(9)8-12(11)14/h2-8H,1,14H2. The van der Waals surface area contributed by atoms with Crippen molar-refractivity contribution in [2.75, 3.05) is 5.73 Å². The number of benzene rings is 2. The molecular formula is C13H11NO. The maximum atomic E-state index is 11.5. The number of allylic oxidation sites excluding steroid dienone is 1. The molecule has 0 unspecified atom stereocenters. The lowest BCUT2D eigenvalue weighted by atomic mass is 10.0. The summed E-state index contributed by atoms with van der Waals surface area (Å²) in [6.07, 6.45) is 1.28. The number of nitrogen functional groups attached to an aromatic ring is 1. The lowest BCUT2D eigenvalue weighted by Crippen LogP contribution is -2.00. The van der Waals surface area contributed by atoms with E-state index < -0.39 is 0 Å². The first kappa shape index (κ1) is 9.46. The molecule has 2 aromatic rings. The van der Waals surface area contributed by atoms with E-state index >= 15 is 0 Å².